The number of piperidine rings is 1. The molecule has 0 radical (unpaired) electrons. The first-order chi connectivity index (χ1) is 4.56. The minimum absolute atomic E-state index is 0.549. The van der Waals surface area contributed by atoms with Crippen LogP contribution in [0.3, 0.4) is 0 Å². The zero-order chi connectivity index (χ0) is 7.41. The number of rotatable bonds is 0. The van der Waals surface area contributed by atoms with Gasteiger partial charge in [-0.3, -0.25) is 0 Å². The monoisotopic (exact) mass is 139 g/mol. The van der Waals surface area contributed by atoms with E-state index in [1.54, 1.807) is 0 Å². The quantitative estimate of drug-likeness (QED) is 0.539. The van der Waals surface area contributed by atoms with Gasteiger partial charge in [-0.15, -0.1) is 0 Å². The molecule has 0 aromatic heterocycles. The molecule has 58 valence electrons. The molecule has 1 nitrogen and oxygen atoms in total. The van der Waals surface area contributed by atoms with Crippen LogP contribution in [0.5, 0.6) is 0 Å². The van der Waals surface area contributed by atoms with E-state index < -0.39 is 0 Å². The molecule has 0 spiro atoms. The molecular formula is C9H17N. The molecule has 1 heterocycles. The number of fused-ring (bicyclic) bond motifs is 2. The summed E-state index contributed by atoms with van der Waals surface area (Å²) in [6, 6.07) is 0.803. The van der Waals surface area contributed by atoms with E-state index in [4.69, 9.17) is 0 Å². The zero-order valence-corrected chi connectivity index (χ0v) is 7.20. The van der Waals surface area contributed by atoms with E-state index in [0.29, 0.717) is 10.8 Å². The Kier molecular flexibility index (Phi) is 1.05. The van der Waals surface area contributed by atoms with Gasteiger partial charge in [-0.25, -0.2) is 0 Å². The molecule has 2 rings (SSSR count). The first-order valence-electron chi connectivity index (χ1n) is 4.30. The highest BCUT2D eigenvalue weighted by Crippen LogP contribution is 2.55. The van der Waals surface area contributed by atoms with Crippen LogP contribution in [0.25, 0.3) is 0 Å². The largest absolute Gasteiger partial charge is 0.313 e. The minimum Gasteiger partial charge on any atom is -0.313 e. The Morgan fingerprint density at radius 1 is 1.30 bits per heavy atom. The van der Waals surface area contributed by atoms with Gasteiger partial charge in [0.1, 0.15) is 0 Å². The maximum absolute atomic E-state index is 3.59. The second kappa shape index (κ2) is 1.58. The van der Waals surface area contributed by atoms with Crippen LogP contribution in [0, 0.1) is 10.8 Å². The molecule has 1 aliphatic heterocycles. The highest BCUT2D eigenvalue weighted by Gasteiger charge is 2.55. The van der Waals surface area contributed by atoms with Gasteiger partial charge in [0, 0.05) is 12.6 Å². The number of nitrogens with one attached hydrogen (secondary N) is 1. The standard InChI is InChI=1S/C9H17N/c1-8(2)7-4-5-9(8,3)6-10-7/h7,10H,4-6H2,1-3H3/t7-,9-/m1/s1. The van der Waals surface area contributed by atoms with E-state index in [2.05, 4.69) is 26.1 Å². The first-order valence-corrected chi connectivity index (χ1v) is 4.30. The zero-order valence-electron chi connectivity index (χ0n) is 7.20. The van der Waals surface area contributed by atoms with E-state index >= 15 is 0 Å². The Morgan fingerprint density at radius 3 is 2.10 bits per heavy atom. The average Bonchev–Trinajstić information content (AvgIpc) is 2.18. The molecule has 2 fully saturated rings. The molecule has 1 N–H and O–H groups in total. The van der Waals surface area contributed by atoms with E-state index in [1.807, 2.05) is 0 Å². The van der Waals surface area contributed by atoms with Crippen molar-refractivity contribution in [1.82, 2.24) is 5.32 Å². The van der Waals surface area contributed by atoms with Crippen molar-refractivity contribution in [1.29, 1.82) is 0 Å². The summed E-state index contributed by atoms with van der Waals surface area (Å²) in [7, 11) is 0. The molecule has 2 aliphatic rings. The third-order valence-electron chi connectivity index (χ3n) is 4.15. The molecule has 1 heteroatoms. The predicted molar refractivity (Wildman–Crippen MR) is 42.9 cm³/mol. The van der Waals surface area contributed by atoms with Crippen molar-refractivity contribution in [3.05, 3.63) is 0 Å². The van der Waals surface area contributed by atoms with E-state index in [0.717, 1.165) is 6.04 Å². The Hall–Kier alpha value is -0.0400. The molecule has 2 bridgehead atoms. The Morgan fingerprint density at radius 2 is 2.00 bits per heavy atom. The Balaban J connectivity index is 2.37. The smallest absolute Gasteiger partial charge is 0.0124 e. The Labute approximate surface area is 63.2 Å². The van der Waals surface area contributed by atoms with Crippen molar-refractivity contribution in [2.24, 2.45) is 10.8 Å². The highest BCUT2D eigenvalue weighted by atomic mass is 15.0. The van der Waals surface area contributed by atoms with Gasteiger partial charge >= 0.3 is 0 Å². The summed E-state index contributed by atoms with van der Waals surface area (Å²) < 4.78 is 0. The molecule has 1 saturated carbocycles. The lowest BCUT2D eigenvalue weighted by Gasteiger charge is -2.32. The van der Waals surface area contributed by atoms with Crippen molar-refractivity contribution in [2.75, 3.05) is 6.54 Å². The van der Waals surface area contributed by atoms with Gasteiger partial charge in [-0.1, -0.05) is 20.8 Å². The van der Waals surface area contributed by atoms with Gasteiger partial charge in [0.2, 0.25) is 0 Å². The number of hydrogen-bond acceptors (Lipinski definition) is 1. The maximum atomic E-state index is 3.59. The van der Waals surface area contributed by atoms with Crippen LogP contribution in [-0.4, -0.2) is 12.6 Å². The summed E-state index contributed by atoms with van der Waals surface area (Å²) in [6.07, 6.45) is 2.82. The maximum Gasteiger partial charge on any atom is 0.0124 e. The lowest BCUT2D eigenvalue weighted by Crippen LogP contribution is -2.30. The third-order valence-corrected chi connectivity index (χ3v) is 4.15. The van der Waals surface area contributed by atoms with Crippen LogP contribution < -0.4 is 5.32 Å². The molecule has 0 aromatic rings. The molecular weight excluding hydrogens is 122 g/mol. The fraction of sp³-hybridized carbons (Fsp3) is 1.00. The SMILES string of the molecule is CC1(C)[C@H]2CC[C@]1(C)CN2. The fourth-order valence-electron chi connectivity index (χ4n) is 2.59. The van der Waals surface area contributed by atoms with Crippen molar-refractivity contribution >= 4 is 0 Å². The highest BCUT2D eigenvalue weighted by molar-refractivity contribution is 5.10. The predicted octanol–water partition coefficient (Wildman–Crippen LogP) is 1.78. The van der Waals surface area contributed by atoms with E-state index in [9.17, 15) is 0 Å². The van der Waals surface area contributed by atoms with Crippen LogP contribution >= 0.6 is 0 Å². The van der Waals surface area contributed by atoms with Crippen LogP contribution in [0.4, 0.5) is 0 Å². The van der Waals surface area contributed by atoms with Crippen LogP contribution in [0.15, 0.2) is 0 Å². The second-order valence-electron chi connectivity index (χ2n) is 4.75. The molecule has 10 heavy (non-hydrogen) atoms. The lowest BCUT2D eigenvalue weighted by atomic mass is 9.71. The van der Waals surface area contributed by atoms with Crippen molar-refractivity contribution < 1.29 is 0 Å². The summed E-state index contributed by atoms with van der Waals surface area (Å²) in [5.41, 5.74) is 1.14. The number of hydrogen-bond donors (Lipinski definition) is 1. The van der Waals surface area contributed by atoms with Crippen molar-refractivity contribution in [3.63, 3.8) is 0 Å². The molecule has 2 atom stereocenters. The molecule has 0 amide bonds. The van der Waals surface area contributed by atoms with Crippen molar-refractivity contribution in [3.8, 4) is 0 Å². The average molecular weight is 139 g/mol. The summed E-state index contributed by atoms with van der Waals surface area (Å²) >= 11 is 0. The summed E-state index contributed by atoms with van der Waals surface area (Å²) in [4.78, 5) is 0. The second-order valence-corrected chi connectivity index (χ2v) is 4.75. The van der Waals surface area contributed by atoms with Gasteiger partial charge in [0.15, 0.2) is 0 Å². The third kappa shape index (κ3) is 0.531. The van der Waals surface area contributed by atoms with Gasteiger partial charge in [-0.2, -0.15) is 0 Å². The lowest BCUT2D eigenvalue weighted by molar-refractivity contribution is 0.182. The summed E-state index contributed by atoms with van der Waals surface area (Å²) in [5.74, 6) is 0. The normalized spacial score (nSPS) is 50.1. The first kappa shape index (κ1) is 6.66. The van der Waals surface area contributed by atoms with Crippen molar-refractivity contribution in [2.45, 2.75) is 39.7 Å². The van der Waals surface area contributed by atoms with Crippen LogP contribution in [-0.2, 0) is 0 Å². The molecule has 0 aromatic carbocycles. The topological polar surface area (TPSA) is 12.0 Å². The van der Waals surface area contributed by atoms with E-state index in [1.165, 1.54) is 19.4 Å². The Bertz CT molecular complexity index is 149. The van der Waals surface area contributed by atoms with Gasteiger partial charge in [-0.05, 0) is 23.7 Å². The van der Waals surface area contributed by atoms with Gasteiger partial charge in [0.05, 0.1) is 0 Å². The van der Waals surface area contributed by atoms with Crippen LogP contribution in [0.1, 0.15) is 33.6 Å². The van der Waals surface area contributed by atoms with Gasteiger partial charge in [0.25, 0.3) is 0 Å². The summed E-state index contributed by atoms with van der Waals surface area (Å²) in [5, 5.41) is 3.59. The fourth-order valence-corrected chi connectivity index (χ4v) is 2.59. The molecule has 1 saturated heterocycles. The van der Waals surface area contributed by atoms with E-state index in [-0.39, 0.29) is 0 Å². The molecule has 0 unspecified atom stereocenters. The summed E-state index contributed by atoms with van der Waals surface area (Å²) in [6.45, 7) is 8.48. The molecule has 1 aliphatic carbocycles. The van der Waals surface area contributed by atoms with Crippen LogP contribution in [0.2, 0.25) is 0 Å². The minimum atomic E-state index is 0.549. The van der Waals surface area contributed by atoms with Gasteiger partial charge < -0.3 is 5.32 Å².